The highest BCUT2D eigenvalue weighted by Gasteiger charge is 2.46. The summed E-state index contributed by atoms with van der Waals surface area (Å²) in [6.45, 7) is 0. The van der Waals surface area contributed by atoms with Gasteiger partial charge in [-0.15, -0.1) is 0 Å². The van der Waals surface area contributed by atoms with Crippen molar-refractivity contribution < 1.29 is 13.5 Å². The summed E-state index contributed by atoms with van der Waals surface area (Å²) in [5, 5.41) is 10.3. The van der Waals surface area contributed by atoms with Crippen LogP contribution < -0.4 is 0 Å². The van der Waals surface area contributed by atoms with Crippen LogP contribution in [0.25, 0.3) is 0 Å². The van der Waals surface area contributed by atoms with Crippen LogP contribution in [0.4, 0.5) is 0 Å². The molecule has 1 aromatic rings. The Morgan fingerprint density at radius 1 is 1.11 bits per heavy atom. The van der Waals surface area contributed by atoms with Crippen LogP contribution in [0.1, 0.15) is 25.7 Å². The van der Waals surface area contributed by atoms with E-state index in [9.17, 15) is 13.5 Å². The third-order valence-corrected chi connectivity index (χ3v) is 6.30. The van der Waals surface area contributed by atoms with Crippen LogP contribution in [-0.4, -0.2) is 36.0 Å². The second-order valence-corrected chi connectivity index (χ2v) is 7.58. The number of rotatable bonds is 2. The first kappa shape index (κ1) is 13.4. The van der Waals surface area contributed by atoms with E-state index in [1.807, 2.05) is 0 Å². The van der Waals surface area contributed by atoms with Crippen molar-refractivity contribution in [2.24, 2.45) is 0 Å². The van der Waals surface area contributed by atoms with Gasteiger partial charge < -0.3 is 5.11 Å². The molecular formula is C13H16ClNO3S. The van der Waals surface area contributed by atoms with Gasteiger partial charge in [0.15, 0.2) is 0 Å². The fraction of sp³-hybridized carbons (Fsp3) is 0.538. The molecule has 0 amide bonds. The number of fused-ring (bicyclic) bond motifs is 2. The predicted molar refractivity (Wildman–Crippen MR) is 72.5 cm³/mol. The summed E-state index contributed by atoms with van der Waals surface area (Å²) >= 11 is 5.79. The van der Waals surface area contributed by atoms with Gasteiger partial charge in [0.25, 0.3) is 0 Å². The van der Waals surface area contributed by atoms with Gasteiger partial charge in [0.2, 0.25) is 10.0 Å². The Morgan fingerprint density at radius 3 is 2.16 bits per heavy atom. The molecule has 3 rings (SSSR count). The van der Waals surface area contributed by atoms with E-state index in [1.54, 1.807) is 28.6 Å². The molecule has 2 aliphatic rings. The Morgan fingerprint density at radius 2 is 1.63 bits per heavy atom. The molecular weight excluding hydrogens is 286 g/mol. The number of hydrogen-bond donors (Lipinski definition) is 1. The number of piperidine rings is 1. The van der Waals surface area contributed by atoms with Crippen molar-refractivity contribution in [1.82, 2.24) is 4.31 Å². The first-order valence-corrected chi connectivity index (χ1v) is 8.27. The minimum absolute atomic E-state index is 0.0607. The maximum absolute atomic E-state index is 12.7. The lowest BCUT2D eigenvalue weighted by Gasteiger charge is -2.36. The molecule has 2 saturated heterocycles. The molecule has 2 fully saturated rings. The molecule has 4 nitrogen and oxygen atoms in total. The molecule has 0 aromatic heterocycles. The Balaban J connectivity index is 1.95. The smallest absolute Gasteiger partial charge is 0.243 e. The molecule has 0 aliphatic carbocycles. The number of benzene rings is 1. The Labute approximate surface area is 118 Å². The quantitative estimate of drug-likeness (QED) is 0.909. The molecule has 0 radical (unpaired) electrons. The summed E-state index contributed by atoms with van der Waals surface area (Å²) < 4.78 is 26.9. The summed E-state index contributed by atoms with van der Waals surface area (Å²) in [7, 11) is -3.47. The average Bonchev–Trinajstić information content (AvgIpc) is 2.64. The van der Waals surface area contributed by atoms with E-state index in [1.165, 1.54) is 0 Å². The number of aliphatic hydroxyl groups excluding tert-OH is 1. The molecule has 1 N–H and O–H groups in total. The van der Waals surface area contributed by atoms with Gasteiger partial charge in [-0.3, -0.25) is 0 Å². The third kappa shape index (κ3) is 2.29. The van der Waals surface area contributed by atoms with Crippen LogP contribution in [0.15, 0.2) is 29.2 Å². The van der Waals surface area contributed by atoms with Gasteiger partial charge in [-0.2, -0.15) is 4.31 Å². The summed E-state index contributed by atoms with van der Waals surface area (Å²) in [6, 6.07) is 6.15. The van der Waals surface area contributed by atoms with Crippen LogP contribution >= 0.6 is 11.6 Å². The van der Waals surface area contributed by atoms with Crippen LogP contribution in [-0.2, 0) is 10.0 Å². The molecule has 2 aliphatic heterocycles. The SMILES string of the molecule is O=S(=O)(c1ccc(Cl)cc1)N1[C@H]2CC[C@H]1CC(O)C2. The lowest BCUT2D eigenvalue weighted by molar-refractivity contribution is 0.0769. The van der Waals surface area contributed by atoms with E-state index in [0.717, 1.165) is 12.8 Å². The molecule has 0 unspecified atom stereocenters. The van der Waals surface area contributed by atoms with Crippen molar-refractivity contribution in [3.63, 3.8) is 0 Å². The Bertz CT molecular complexity index is 558. The summed E-state index contributed by atoms with van der Waals surface area (Å²) in [4.78, 5) is 0.283. The van der Waals surface area contributed by atoms with Gasteiger partial charge in [-0.1, -0.05) is 11.6 Å². The maximum Gasteiger partial charge on any atom is 0.243 e. The zero-order chi connectivity index (χ0) is 13.6. The van der Waals surface area contributed by atoms with Crippen molar-refractivity contribution in [2.75, 3.05) is 0 Å². The van der Waals surface area contributed by atoms with Crippen LogP contribution in [0.3, 0.4) is 0 Å². The molecule has 0 saturated carbocycles. The molecule has 19 heavy (non-hydrogen) atoms. The second-order valence-electron chi connectivity index (χ2n) is 5.30. The zero-order valence-corrected chi connectivity index (χ0v) is 11.9. The minimum atomic E-state index is -3.47. The first-order valence-electron chi connectivity index (χ1n) is 6.45. The van der Waals surface area contributed by atoms with Gasteiger partial charge in [0.05, 0.1) is 11.0 Å². The van der Waals surface area contributed by atoms with Gasteiger partial charge in [-0.05, 0) is 49.9 Å². The van der Waals surface area contributed by atoms with E-state index < -0.39 is 10.0 Å². The lowest BCUT2D eigenvalue weighted by atomic mass is 10.0. The van der Waals surface area contributed by atoms with E-state index >= 15 is 0 Å². The van der Waals surface area contributed by atoms with Crippen molar-refractivity contribution >= 4 is 21.6 Å². The summed E-state index contributed by atoms with van der Waals surface area (Å²) in [5.74, 6) is 0. The molecule has 1 aromatic carbocycles. The van der Waals surface area contributed by atoms with Crippen molar-refractivity contribution in [1.29, 1.82) is 0 Å². The molecule has 6 heteroatoms. The fourth-order valence-electron chi connectivity index (χ4n) is 3.23. The number of halogens is 1. The zero-order valence-electron chi connectivity index (χ0n) is 10.4. The Hall–Kier alpha value is -0.620. The molecule has 2 bridgehead atoms. The highest BCUT2D eigenvalue weighted by Crippen LogP contribution is 2.39. The van der Waals surface area contributed by atoms with Gasteiger partial charge >= 0.3 is 0 Å². The van der Waals surface area contributed by atoms with E-state index in [-0.39, 0.29) is 23.1 Å². The van der Waals surface area contributed by atoms with Crippen molar-refractivity contribution in [2.45, 2.75) is 48.8 Å². The standard InChI is InChI=1S/C13H16ClNO3S/c14-9-1-5-13(6-2-9)19(17,18)15-10-3-4-11(15)8-12(16)7-10/h1-2,5-6,10-12,16H,3-4,7-8H2/t10-,11-/m0/s1. The van der Waals surface area contributed by atoms with Crippen molar-refractivity contribution in [3.8, 4) is 0 Å². The Kier molecular flexibility index (Phi) is 3.33. The lowest BCUT2D eigenvalue weighted by Crippen LogP contribution is -2.47. The molecule has 2 atom stereocenters. The maximum atomic E-state index is 12.7. The highest BCUT2D eigenvalue weighted by molar-refractivity contribution is 7.89. The number of nitrogens with zero attached hydrogens (tertiary/aromatic N) is 1. The fourth-order valence-corrected chi connectivity index (χ4v) is 5.24. The first-order chi connectivity index (χ1) is 8.98. The minimum Gasteiger partial charge on any atom is -0.393 e. The van der Waals surface area contributed by atoms with E-state index in [2.05, 4.69) is 0 Å². The summed E-state index contributed by atoms with van der Waals surface area (Å²) in [6.07, 6.45) is 2.41. The van der Waals surface area contributed by atoms with Gasteiger partial charge in [-0.25, -0.2) is 8.42 Å². The highest BCUT2D eigenvalue weighted by atomic mass is 35.5. The van der Waals surface area contributed by atoms with E-state index in [0.29, 0.717) is 17.9 Å². The van der Waals surface area contributed by atoms with Gasteiger partial charge in [0, 0.05) is 17.1 Å². The van der Waals surface area contributed by atoms with Crippen LogP contribution in [0.2, 0.25) is 5.02 Å². The topological polar surface area (TPSA) is 57.6 Å². The van der Waals surface area contributed by atoms with Gasteiger partial charge in [0.1, 0.15) is 0 Å². The molecule has 104 valence electrons. The van der Waals surface area contributed by atoms with Crippen LogP contribution in [0.5, 0.6) is 0 Å². The third-order valence-electron chi connectivity index (χ3n) is 4.03. The average molecular weight is 302 g/mol. The van der Waals surface area contributed by atoms with E-state index in [4.69, 9.17) is 11.6 Å². The number of sulfonamides is 1. The molecule has 0 spiro atoms. The predicted octanol–water partition coefficient (Wildman–Crippen LogP) is 2.02. The number of aliphatic hydroxyl groups is 1. The van der Waals surface area contributed by atoms with Crippen molar-refractivity contribution in [3.05, 3.63) is 29.3 Å². The second kappa shape index (κ2) is 4.74. The molecule has 2 heterocycles. The normalized spacial score (nSPS) is 31.6. The number of hydrogen-bond acceptors (Lipinski definition) is 3. The summed E-state index contributed by atoms with van der Waals surface area (Å²) in [5.41, 5.74) is 0. The largest absolute Gasteiger partial charge is 0.393 e. The van der Waals surface area contributed by atoms with Crippen LogP contribution in [0, 0.1) is 0 Å². The monoisotopic (exact) mass is 301 g/mol.